The third-order valence-electron chi connectivity index (χ3n) is 4.80. The zero-order valence-electron chi connectivity index (χ0n) is 11.2. The van der Waals surface area contributed by atoms with Crippen molar-refractivity contribution in [3.63, 3.8) is 0 Å². The number of nitrogens with two attached hydrogens (primary N) is 1. The molecule has 0 bridgehead atoms. The quantitative estimate of drug-likeness (QED) is 0.769. The van der Waals surface area contributed by atoms with Gasteiger partial charge in [0.05, 0.1) is 5.60 Å². The van der Waals surface area contributed by atoms with E-state index >= 15 is 0 Å². The second-order valence-electron chi connectivity index (χ2n) is 6.51. The Kier molecular flexibility index (Phi) is 4.11. The van der Waals surface area contributed by atoms with E-state index in [0.717, 1.165) is 32.5 Å². The van der Waals surface area contributed by atoms with Gasteiger partial charge in [-0.2, -0.15) is 0 Å². The van der Waals surface area contributed by atoms with Crippen LogP contribution in [0, 0.1) is 5.41 Å². The van der Waals surface area contributed by atoms with Crippen molar-refractivity contribution in [3.8, 4) is 0 Å². The maximum atomic E-state index is 10.4. The summed E-state index contributed by atoms with van der Waals surface area (Å²) in [6.07, 6.45) is 9.53. The van der Waals surface area contributed by atoms with Crippen molar-refractivity contribution in [3.05, 3.63) is 0 Å². The number of rotatable bonds is 5. The van der Waals surface area contributed by atoms with Crippen LogP contribution in [0.4, 0.5) is 0 Å². The molecule has 2 fully saturated rings. The molecule has 2 aliphatic rings. The molecule has 0 spiro atoms. The molecule has 2 saturated carbocycles. The van der Waals surface area contributed by atoms with E-state index in [1.165, 1.54) is 38.5 Å². The van der Waals surface area contributed by atoms with Crippen molar-refractivity contribution < 1.29 is 5.11 Å². The Morgan fingerprint density at radius 2 is 1.53 bits per heavy atom. The van der Waals surface area contributed by atoms with Gasteiger partial charge in [-0.25, -0.2) is 0 Å². The minimum absolute atomic E-state index is 0.337. The molecule has 0 aromatic carbocycles. The highest BCUT2D eigenvalue weighted by Crippen LogP contribution is 2.38. The highest BCUT2D eigenvalue weighted by Gasteiger charge is 2.37. The van der Waals surface area contributed by atoms with E-state index in [-0.39, 0.29) is 0 Å². The highest BCUT2D eigenvalue weighted by molar-refractivity contribution is 4.91. The van der Waals surface area contributed by atoms with Crippen LogP contribution in [0.5, 0.6) is 0 Å². The summed E-state index contributed by atoms with van der Waals surface area (Å²) in [5.41, 5.74) is 5.89. The third kappa shape index (κ3) is 3.21. The summed E-state index contributed by atoms with van der Waals surface area (Å²) in [6, 6.07) is 0. The Morgan fingerprint density at radius 1 is 1.00 bits per heavy atom. The van der Waals surface area contributed by atoms with Crippen LogP contribution in [0.2, 0.25) is 0 Å². The van der Waals surface area contributed by atoms with Crippen LogP contribution in [0.3, 0.4) is 0 Å². The molecule has 3 nitrogen and oxygen atoms in total. The lowest BCUT2D eigenvalue weighted by Crippen LogP contribution is -2.45. The first-order valence-electron chi connectivity index (χ1n) is 7.19. The van der Waals surface area contributed by atoms with E-state index in [9.17, 15) is 5.11 Å². The second kappa shape index (κ2) is 5.25. The lowest BCUT2D eigenvalue weighted by Gasteiger charge is -2.36. The van der Waals surface area contributed by atoms with Crippen LogP contribution in [-0.4, -0.2) is 42.3 Å². The predicted molar refractivity (Wildman–Crippen MR) is 70.9 cm³/mol. The number of likely N-dealkylation sites (N-methyl/N-ethyl adjacent to an activating group) is 1. The minimum atomic E-state index is -0.414. The Bertz CT molecular complexity index is 243. The van der Waals surface area contributed by atoms with Crippen LogP contribution in [-0.2, 0) is 0 Å². The summed E-state index contributed by atoms with van der Waals surface area (Å²) in [5.74, 6) is 0. The maximum absolute atomic E-state index is 10.4. The molecule has 3 heteroatoms. The molecule has 0 heterocycles. The molecule has 17 heavy (non-hydrogen) atoms. The van der Waals surface area contributed by atoms with E-state index in [1.807, 2.05) is 0 Å². The van der Waals surface area contributed by atoms with E-state index < -0.39 is 5.60 Å². The molecule has 0 radical (unpaired) electrons. The van der Waals surface area contributed by atoms with Gasteiger partial charge in [-0.3, -0.25) is 0 Å². The Labute approximate surface area is 105 Å². The zero-order chi connectivity index (χ0) is 12.4. The van der Waals surface area contributed by atoms with E-state index in [2.05, 4.69) is 11.9 Å². The first-order chi connectivity index (χ1) is 8.08. The van der Waals surface area contributed by atoms with Crippen molar-refractivity contribution in [2.45, 2.75) is 57.0 Å². The summed E-state index contributed by atoms with van der Waals surface area (Å²) >= 11 is 0. The van der Waals surface area contributed by atoms with Gasteiger partial charge in [-0.15, -0.1) is 0 Å². The summed E-state index contributed by atoms with van der Waals surface area (Å²) < 4.78 is 0. The Morgan fingerprint density at radius 3 is 2.06 bits per heavy atom. The molecule has 0 aromatic heterocycles. The fourth-order valence-corrected chi connectivity index (χ4v) is 3.87. The van der Waals surface area contributed by atoms with Gasteiger partial charge in [0.15, 0.2) is 0 Å². The summed E-state index contributed by atoms with van der Waals surface area (Å²) in [6.45, 7) is 2.69. The number of hydrogen-bond acceptors (Lipinski definition) is 3. The van der Waals surface area contributed by atoms with Crippen LogP contribution in [0.25, 0.3) is 0 Å². The molecule has 0 saturated heterocycles. The van der Waals surface area contributed by atoms with Crippen molar-refractivity contribution in [2.75, 3.05) is 26.7 Å². The van der Waals surface area contributed by atoms with Gasteiger partial charge in [0.1, 0.15) is 0 Å². The van der Waals surface area contributed by atoms with Crippen molar-refractivity contribution in [1.29, 1.82) is 0 Å². The molecular formula is C14H28N2O. The second-order valence-corrected chi connectivity index (χ2v) is 6.51. The van der Waals surface area contributed by atoms with Crippen molar-refractivity contribution in [2.24, 2.45) is 11.1 Å². The number of aliphatic hydroxyl groups is 1. The van der Waals surface area contributed by atoms with Crippen LogP contribution in [0.1, 0.15) is 51.4 Å². The summed E-state index contributed by atoms with van der Waals surface area (Å²) in [7, 11) is 2.14. The maximum Gasteiger partial charge on any atom is 0.0774 e. The van der Waals surface area contributed by atoms with Gasteiger partial charge >= 0.3 is 0 Å². The van der Waals surface area contributed by atoms with Crippen LogP contribution >= 0.6 is 0 Å². The fourth-order valence-electron chi connectivity index (χ4n) is 3.87. The van der Waals surface area contributed by atoms with Gasteiger partial charge in [-0.05, 0) is 44.7 Å². The lowest BCUT2D eigenvalue weighted by atomic mass is 9.85. The SMILES string of the molecule is CN(CC1(O)CCCC1)CC1(CN)CCCC1. The standard InChI is InChI=1S/C14H28N2O/c1-16(12-14(17)8-4-5-9-14)11-13(10-15)6-2-3-7-13/h17H,2-12,15H2,1H3. The van der Waals surface area contributed by atoms with Crippen molar-refractivity contribution >= 4 is 0 Å². The van der Waals surface area contributed by atoms with Crippen molar-refractivity contribution in [1.82, 2.24) is 4.90 Å². The van der Waals surface area contributed by atoms with E-state index in [1.54, 1.807) is 0 Å². The smallest absolute Gasteiger partial charge is 0.0774 e. The minimum Gasteiger partial charge on any atom is -0.389 e. The molecule has 2 rings (SSSR count). The van der Waals surface area contributed by atoms with Gasteiger partial charge in [0.2, 0.25) is 0 Å². The lowest BCUT2D eigenvalue weighted by molar-refractivity contribution is 0.00641. The topological polar surface area (TPSA) is 49.5 Å². The molecular weight excluding hydrogens is 212 g/mol. The summed E-state index contributed by atoms with van der Waals surface area (Å²) in [4.78, 5) is 2.32. The fraction of sp³-hybridized carbons (Fsp3) is 1.00. The predicted octanol–water partition coefficient (Wildman–Crippen LogP) is 1.74. The molecule has 0 aromatic rings. The number of nitrogens with zero attached hydrogens (tertiary/aromatic N) is 1. The Balaban J connectivity index is 1.85. The summed E-state index contributed by atoms with van der Waals surface area (Å²) in [5, 5.41) is 10.4. The monoisotopic (exact) mass is 240 g/mol. The molecule has 0 atom stereocenters. The number of hydrogen-bond donors (Lipinski definition) is 2. The molecule has 3 N–H and O–H groups in total. The van der Waals surface area contributed by atoms with E-state index in [0.29, 0.717) is 5.41 Å². The highest BCUT2D eigenvalue weighted by atomic mass is 16.3. The Hall–Kier alpha value is -0.120. The average molecular weight is 240 g/mol. The van der Waals surface area contributed by atoms with Crippen LogP contribution in [0.15, 0.2) is 0 Å². The molecule has 100 valence electrons. The third-order valence-corrected chi connectivity index (χ3v) is 4.80. The van der Waals surface area contributed by atoms with Gasteiger partial charge in [0, 0.05) is 13.1 Å². The zero-order valence-corrected chi connectivity index (χ0v) is 11.2. The average Bonchev–Trinajstić information content (AvgIpc) is 2.88. The largest absolute Gasteiger partial charge is 0.389 e. The molecule has 0 aliphatic heterocycles. The normalized spacial score (nSPS) is 26.8. The first-order valence-corrected chi connectivity index (χ1v) is 7.19. The van der Waals surface area contributed by atoms with Gasteiger partial charge in [0.25, 0.3) is 0 Å². The van der Waals surface area contributed by atoms with Gasteiger partial charge < -0.3 is 15.7 Å². The molecule has 2 aliphatic carbocycles. The molecule has 0 amide bonds. The first kappa shape index (κ1) is 13.3. The van der Waals surface area contributed by atoms with Gasteiger partial charge in [-0.1, -0.05) is 25.7 Å². The molecule has 0 unspecified atom stereocenters. The van der Waals surface area contributed by atoms with Crippen LogP contribution < -0.4 is 5.73 Å². The van der Waals surface area contributed by atoms with E-state index in [4.69, 9.17) is 5.73 Å².